The highest BCUT2D eigenvalue weighted by Crippen LogP contribution is 2.34. The van der Waals surface area contributed by atoms with E-state index < -0.39 is 6.04 Å². The highest BCUT2D eigenvalue weighted by Gasteiger charge is 2.45. The standard InChI is InChI=1S/C18H20Br2N2O4/c1-2-26-18(25)11-4-3-7-21(10-11)15-9-16(23)22(17(15)24)14-6-5-12(19)8-13(14)20/h5-6,8,11,15H,2-4,7,9-10H2,1H3/t11-,15-/m0/s1. The zero-order chi connectivity index (χ0) is 18.8. The molecule has 1 aromatic carbocycles. The van der Waals surface area contributed by atoms with Crippen molar-refractivity contribution in [1.82, 2.24) is 4.90 Å². The molecular weight excluding hydrogens is 468 g/mol. The predicted molar refractivity (Wildman–Crippen MR) is 104 cm³/mol. The smallest absolute Gasteiger partial charge is 0.310 e. The second-order valence-corrected chi connectivity index (χ2v) is 8.24. The SMILES string of the molecule is CCOC(=O)[C@H]1CCCN([C@H]2CC(=O)N(c3ccc(Br)cc3Br)C2=O)C1. The molecule has 2 heterocycles. The van der Waals surface area contributed by atoms with Crippen LogP contribution < -0.4 is 4.90 Å². The predicted octanol–water partition coefficient (Wildman–Crippen LogP) is 3.12. The number of anilines is 1. The average Bonchev–Trinajstić information content (AvgIpc) is 2.90. The van der Waals surface area contributed by atoms with Gasteiger partial charge in [0.2, 0.25) is 5.91 Å². The molecule has 2 atom stereocenters. The highest BCUT2D eigenvalue weighted by atomic mass is 79.9. The van der Waals surface area contributed by atoms with Gasteiger partial charge in [0.15, 0.2) is 0 Å². The van der Waals surface area contributed by atoms with E-state index in [0.717, 1.165) is 17.3 Å². The number of hydrogen-bond donors (Lipinski definition) is 0. The molecule has 2 saturated heterocycles. The molecule has 140 valence electrons. The Labute approximate surface area is 169 Å². The van der Waals surface area contributed by atoms with Crippen molar-refractivity contribution in [3.8, 4) is 0 Å². The number of nitrogens with zero attached hydrogens (tertiary/aromatic N) is 2. The minimum Gasteiger partial charge on any atom is -0.466 e. The number of likely N-dealkylation sites (tertiary alicyclic amines) is 1. The van der Waals surface area contributed by atoms with Crippen molar-refractivity contribution in [3.05, 3.63) is 27.1 Å². The molecule has 2 aliphatic rings. The van der Waals surface area contributed by atoms with Crippen LogP contribution in [0.3, 0.4) is 0 Å². The molecule has 0 aromatic heterocycles. The second-order valence-electron chi connectivity index (χ2n) is 6.47. The van der Waals surface area contributed by atoms with Gasteiger partial charge in [-0.25, -0.2) is 4.90 Å². The van der Waals surface area contributed by atoms with Crippen LogP contribution in [0, 0.1) is 5.92 Å². The number of amides is 2. The summed E-state index contributed by atoms with van der Waals surface area (Å²) < 4.78 is 6.66. The first-order valence-corrected chi connectivity index (χ1v) is 10.2. The van der Waals surface area contributed by atoms with Crippen molar-refractivity contribution in [2.75, 3.05) is 24.6 Å². The Bertz CT molecular complexity index is 740. The lowest BCUT2D eigenvalue weighted by atomic mass is 9.96. The van der Waals surface area contributed by atoms with Gasteiger partial charge in [-0.15, -0.1) is 0 Å². The van der Waals surface area contributed by atoms with Crippen LogP contribution in [0.1, 0.15) is 26.2 Å². The fourth-order valence-electron chi connectivity index (χ4n) is 3.56. The van der Waals surface area contributed by atoms with Crippen molar-refractivity contribution >= 4 is 55.3 Å². The van der Waals surface area contributed by atoms with Crippen LogP contribution in [0.4, 0.5) is 5.69 Å². The number of hydrogen-bond acceptors (Lipinski definition) is 5. The number of carbonyl (C=O) groups is 3. The quantitative estimate of drug-likeness (QED) is 0.482. The topological polar surface area (TPSA) is 66.9 Å². The van der Waals surface area contributed by atoms with Gasteiger partial charge in [0.25, 0.3) is 5.91 Å². The van der Waals surface area contributed by atoms with E-state index >= 15 is 0 Å². The second kappa shape index (κ2) is 8.19. The summed E-state index contributed by atoms with van der Waals surface area (Å²) in [5.41, 5.74) is 0.546. The summed E-state index contributed by atoms with van der Waals surface area (Å²) >= 11 is 6.79. The molecule has 0 unspecified atom stereocenters. The molecule has 0 spiro atoms. The van der Waals surface area contributed by atoms with Gasteiger partial charge in [-0.2, -0.15) is 0 Å². The van der Waals surface area contributed by atoms with Gasteiger partial charge in [0.05, 0.1) is 30.7 Å². The van der Waals surface area contributed by atoms with Crippen molar-refractivity contribution in [2.24, 2.45) is 5.92 Å². The maximum Gasteiger partial charge on any atom is 0.310 e. The van der Waals surface area contributed by atoms with E-state index in [0.29, 0.717) is 29.9 Å². The summed E-state index contributed by atoms with van der Waals surface area (Å²) in [6.45, 7) is 3.29. The lowest BCUT2D eigenvalue weighted by molar-refractivity contribution is -0.150. The third-order valence-electron chi connectivity index (χ3n) is 4.79. The summed E-state index contributed by atoms with van der Waals surface area (Å²) in [4.78, 5) is 40.8. The molecule has 3 rings (SSSR count). The monoisotopic (exact) mass is 486 g/mol. The zero-order valence-corrected chi connectivity index (χ0v) is 17.6. The third-order valence-corrected chi connectivity index (χ3v) is 5.92. The Morgan fingerprint density at radius 3 is 2.77 bits per heavy atom. The molecule has 1 aromatic rings. The summed E-state index contributed by atoms with van der Waals surface area (Å²) in [6, 6.07) is 4.83. The Kier molecular flexibility index (Phi) is 6.14. The van der Waals surface area contributed by atoms with Gasteiger partial charge in [0.1, 0.15) is 0 Å². The van der Waals surface area contributed by atoms with Crippen molar-refractivity contribution in [2.45, 2.75) is 32.2 Å². The molecule has 0 N–H and O–H groups in total. The molecule has 2 amide bonds. The molecule has 2 aliphatic heterocycles. The number of imide groups is 1. The Balaban J connectivity index is 1.77. The highest BCUT2D eigenvalue weighted by molar-refractivity contribution is 9.11. The van der Waals surface area contributed by atoms with Crippen LogP contribution in [0.5, 0.6) is 0 Å². The molecule has 0 bridgehead atoms. The first kappa shape index (κ1) is 19.5. The molecular formula is C18H20Br2N2O4. The van der Waals surface area contributed by atoms with Gasteiger partial charge < -0.3 is 4.74 Å². The minimum absolute atomic E-state index is 0.136. The number of ether oxygens (including phenoxy) is 1. The van der Waals surface area contributed by atoms with E-state index in [1.54, 1.807) is 25.1 Å². The molecule has 2 fully saturated rings. The molecule has 0 saturated carbocycles. The Hall–Kier alpha value is -1.25. The maximum absolute atomic E-state index is 13.0. The number of carbonyl (C=O) groups excluding carboxylic acids is 3. The van der Waals surface area contributed by atoms with Crippen LogP contribution in [-0.2, 0) is 19.1 Å². The first-order valence-electron chi connectivity index (χ1n) is 8.65. The van der Waals surface area contributed by atoms with Gasteiger partial charge in [-0.05, 0) is 60.4 Å². The van der Waals surface area contributed by atoms with E-state index in [1.165, 1.54) is 4.90 Å². The molecule has 0 radical (unpaired) electrons. The molecule has 0 aliphatic carbocycles. The van der Waals surface area contributed by atoms with E-state index in [-0.39, 0.29) is 30.1 Å². The number of benzene rings is 1. The van der Waals surface area contributed by atoms with Crippen LogP contribution in [0.2, 0.25) is 0 Å². The van der Waals surface area contributed by atoms with Crippen molar-refractivity contribution < 1.29 is 19.1 Å². The Morgan fingerprint density at radius 2 is 2.08 bits per heavy atom. The Morgan fingerprint density at radius 1 is 1.31 bits per heavy atom. The summed E-state index contributed by atoms with van der Waals surface area (Å²) in [7, 11) is 0. The lowest BCUT2D eigenvalue weighted by Gasteiger charge is -2.34. The van der Waals surface area contributed by atoms with E-state index in [2.05, 4.69) is 31.9 Å². The van der Waals surface area contributed by atoms with Crippen LogP contribution in [-0.4, -0.2) is 48.4 Å². The lowest BCUT2D eigenvalue weighted by Crippen LogP contribution is -2.48. The summed E-state index contributed by atoms with van der Waals surface area (Å²) in [5, 5.41) is 0. The van der Waals surface area contributed by atoms with Crippen molar-refractivity contribution in [1.29, 1.82) is 0 Å². The number of rotatable bonds is 4. The number of piperidine rings is 1. The zero-order valence-electron chi connectivity index (χ0n) is 14.4. The summed E-state index contributed by atoms with van der Waals surface area (Å²) in [6.07, 6.45) is 1.70. The fourth-order valence-corrected chi connectivity index (χ4v) is 4.78. The van der Waals surface area contributed by atoms with E-state index in [1.807, 2.05) is 4.90 Å². The van der Waals surface area contributed by atoms with Gasteiger partial charge >= 0.3 is 5.97 Å². The van der Waals surface area contributed by atoms with Crippen LogP contribution in [0.25, 0.3) is 0 Å². The van der Waals surface area contributed by atoms with Gasteiger partial charge in [0, 0.05) is 15.5 Å². The minimum atomic E-state index is -0.518. The molecule has 26 heavy (non-hydrogen) atoms. The summed E-state index contributed by atoms with van der Waals surface area (Å²) in [5.74, 6) is -0.912. The van der Waals surface area contributed by atoms with Gasteiger partial charge in [-0.1, -0.05) is 15.9 Å². The van der Waals surface area contributed by atoms with E-state index in [4.69, 9.17) is 4.74 Å². The number of esters is 1. The fraction of sp³-hybridized carbons (Fsp3) is 0.500. The third kappa shape index (κ3) is 3.87. The molecule has 8 heteroatoms. The van der Waals surface area contributed by atoms with E-state index in [9.17, 15) is 14.4 Å². The largest absolute Gasteiger partial charge is 0.466 e. The molecule has 6 nitrogen and oxygen atoms in total. The van der Waals surface area contributed by atoms with Gasteiger partial charge in [-0.3, -0.25) is 19.3 Å². The first-order chi connectivity index (χ1) is 12.4. The van der Waals surface area contributed by atoms with Crippen LogP contribution >= 0.6 is 31.9 Å². The van der Waals surface area contributed by atoms with Crippen molar-refractivity contribution in [3.63, 3.8) is 0 Å². The number of halogens is 2. The normalized spacial score (nSPS) is 24.2. The maximum atomic E-state index is 13.0. The average molecular weight is 488 g/mol. The van der Waals surface area contributed by atoms with Crippen LogP contribution in [0.15, 0.2) is 27.1 Å².